The van der Waals surface area contributed by atoms with E-state index in [-0.39, 0.29) is 11.5 Å². The molecular formula is C17H15NO2S. The second kappa shape index (κ2) is 5.30. The minimum atomic E-state index is -0.0650. The third kappa shape index (κ3) is 2.32. The molecule has 3 rings (SSSR count). The second-order valence-corrected chi connectivity index (χ2v) is 6.01. The predicted molar refractivity (Wildman–Crippen MR) is 85.2 cm³/mol. The molecule has 0 atom stereocenters. The molecule has 2 aromatic heterocycles. The molecule has 0 fully saturated rings. The van der Waals surface area contributed by atoms with E-state index in [4.69, 9.17) is 0 Å². The number of aliphatic hydroxyl groups is 1. The number of rotatable bonds is 3. The highest BCUT2D eigenvalue weighted by molar-refractivity contribution is 7.17. The van der Waals surface area contributed by atoms with Gasteiger partial charge in [0.25, 0.3) is 0 Å². The van der Waals surface area contributed by atoms with Crippen molar-refractivity contribution in [3.63, 3.8) is 0 Å². The van der Waals surface area contributed by atoms with Gasteiger partial charge in [-0.3, -0.25) is 9.78 Å². The number of aliphatic hydroxyl groups excluding tert-OH is 1. The molecule has 21 heavy (non-hydrogen) atoms. The van der Waals surface area contributed by atoms with E-state index in [1.165, 1.54) is 11.3 Å². The molecular weight excluding hydrogens is 282 g/mol. The van der Waals surface area contributed by atoms with Gasteiger partial charge in [-0.15, -0.1) is 11.3 Å². The number of allylic oxidation sites excluding steroid dienone is 3. The smallest absolute Gasteiger partial charge is 0.201 e. The van der Waals surface area contributed by atoms with Crippen molar-refractivity contribution in [2.75, 3.05) is 0 Å². The molecule has 0 spiro atoms. The molecule has 0 bridgehead atoms. The van der Waals surface area contributed by atoms with Gasteiger partial charge in [0.2, 0.25) is 5.78 Å². The molecule has 0 amide bonds. The lowest BCUT2D eigenvalue weighted by atomic mass is 9.86. The van der Waals surface area contributed by atoms with Crippen molar-refractivity contribution >= 4 is 22.7 Å². The SMILES string of the molecule is CC/C=C1\C(=O)C(c2ccc(-c3ccc(C)nc3)s2)=C1O. The summed E-state index contributed by atoms with van der Waals surface area (Å²) in [4.78, 5) is 18.2. The van der Waals surface area contributed by atoms with E-state index in [2.05, 4.69) is 4.98 Å². The number of thiophene rings is 1. The number of nitrogens with zero attached hydrogens (tertiary/aromatic N) is 1. The average molecular weight is 297 g/mol. The van der Waals surface area contributed by atoms with Crippen molar-refractivity contribution in [1.82, 2.24) is 4.98 Å². The van der Waals surface area contributed by atoms with E-state index in [1.807, 2.05) is 44.3 Å². The van der Waals surface area contributed by atoms with Gasteiger partial charge in [-0.1, -0.05) is 19.1 Å². The van der Waals surface area contributed by atoms with E-state index in [0.717, 1.165) is 27.4 Å². The Morgan fingerprint density at radius 2 is 2.00 bits per heavy atom. The molecule has 3 nitrogen and oxygen atoms in total. The Hall–Kier alpha value is -2.20. The first-order valence-electron chi connectivity index (χ1n) is 6.83. The van der Waals surface area contributed by atoms with Gasteiger partial charge in [-0.25, -0.2) is 0 Å². The molecule has 106 valence electrons. The van der Waals surface area contributed by atoms with Crippen LogP contribution >= 0.6 is 11.3 Å². The summed E-state index contributed by atoms with van der Waals surface area (Å²) < 4.78 is 0. The highest BCUT2D eigenvalue weighted by Gasteiger charge is 2.35. The van der Waals surface area contributed by atoms with Crippen LogP contribution in [0.15, 0.2) is 47.9 Å². The Morgan fingerprint density at radius 3 is 2.62 bits per heavy atom. The summed E-state index contributed by atoms with van der Waals surface area (Å²) in [5.41, 5.74) is 2.87. The zero-order valence-corrected chi connectivity index (χ0v) is 12.7. The van der Waals surface area contributed by atoms with E-state index in [0.29, 0.717) is 11.1 Å². The minimum absolute atomic E-state index is 0.0650. The van der Waals surface area contributed by atoms with Gasteiger partial charge in [0.1, 0.15) is 5.76 Å². The lowest BCUT2D eigenvalue weighted by Crippen LogP contribution is -2.20. The highest BCUT2D eigenvalue weighted by atomic mass is 32.1. The number of ketones is 1. The van der Waals surface area contributed by atoms with Crippen LogP contribution in [-0.4, -0.2) is 15.9 Å². The van der Waals surface area contributed by atoms with Crippen molar-refractivity contribution in [3.8, 4) is 10.4 Å². The number of carbonyl (C=O) groups is 1. The molecule has 0 unspecified atom stereocenters. The monoisotopic (exact) mass is 297 g/mol. The normalized spacial score (nSPS) is 16.5. The largest absolute Gasteiger partial charge is 0.506 e. The van der Waals surface area contributed by atoms with Gasteiger partial charge in [0, 0.05) is 27.2 Å². The Morgan fingerprint density at radius 1 is 1.24 bits per heavy atom. The maximum atomic E-state index is 12.1. The number of hydrogen-bond donors (Lipinski definition) is 1. The van der Waals surface area contributed by atoms with Crippen LogP contribution in [0.4, 0.5) is 0 Å². The third-order valence-corrected chi connectivity index (χ3v) is 4.57. The fraction of sp³-hybridized carbons (Fsp3) is 0.176. The van der Waals surface area contributed by atoms with Gasteiger partial charge >= 0.3 is 0 Å². The van der Waals surface area contributed by atoms with Crippen LogP contribution in [0.1, 0.15) is 23.9 Å². The quantitative estimate of drug-likeness (QED) is 0.859. The zero-order chi connectivity index (χ0) is 15.0. The number of carbonyl (C=O) groups excluding carboxylic acids is 1. The van der Waals surface area contributed by atoms with Crippen LogP contribution in [-0.2, 0) is 4.79 Å². The topological polar surface area (TPSA) is 50.2 Å². The van der Waals surface area contributed by atoms with Crippen molar-refractivity contribution in [2.45, 2.75) is 20.3 Å². The van der Waals surface area contributed by atoms with Crippen LogP contribution in [0.3, 0.4) is 0 Å². The van der Waals surface area contributed by atoms with E-state index >= 15 is 0 Å². The third-order valence-electron chi connectivity index (χ3n) is 3.42. The Kier molecular flexibility index (Phi) is 3.47. The van der Waals surface area contributed by atoms with Gasteiger partial charge < -0.3 is 5.11 Å². The molecule has 0 saturated heterocycles. The number of Topliss-reactive ketones (excluding diaryl/α,β-unsaturated/α-hetero) is 1. The van der Waals surface area contributed by atoms with E-state index in [1.54, 1.807) is 6.08 Å². The highest BCUT2D eigenvalue weighted by Crippen LogP contribution is 2.41. The van der Waals surface area contributed by atoms with Crippen molar-refractivity contribution < 1.29 is 9.90 Å². The summed E-state index contributed by atoms with van der Waals surface area (Å²) in [7, 11) is 0. The maximum Gasteiger partial charge on any atom is 0.201 e. The van der Waals surface area contributed by atoms with Gasteiger partial charge in [0.05, 0.1) is 11.1 Å². The van der Waals surface area contributed by atoms with Gasteiger partial charge in [0.15, 0.2) is 0 Å². The number of pyridine rings is 1. The van der Waals surface area contributed by atoms with Crippen molar-refractivity contribution in [2.24, 2.45) is 0 Å². The molecule has 0 aliphatic heterocycles. The van der Waals surface area contributed by atoms with Crippen LogP contribution < -0.4 is 0 Å². The minimum Gasteiger partial charge on any atom is -0.506 e. The summed E-state index contributed by atoms with van der Waals surface area (Å²) in [6, 6.07) is 7.81. The molecule has 1 aliphatic carbocycles. The van der Waals surface area contributed by atoms with Gasteiger partial charge in [-0.05, 0) is 31.5 Å². The van der Waals surface area contributed by atoms with E-state index in [9.17, 15) is 9.90 Å². The summed E-state index contributed by atoms with van der Waals surface area (Å²) >= 11 is 1.50. The first kappa shape index (κ1) is 13.8. The lowest BCUT2D eigenvalue weighted by molar-refractivity contribution is -0.111. The first-order valence-corrected chi connectivity index (χ1v) is 7.65. The van der Waals surface area contributed by atoms with Crippen LogP contribution in [0.25, 0.3) is 16.0 Å². The standard InChI is InChI=1S/C17H15NO2S/c1-3-4-12-16(19)15(17(12)20)14-8-7-13(21-14)11-6-5-10(2)18-9-11/h4-9,19H,3H2,1-2H3/b12-4-. The van der Waals surface area contributed by atoms with Crippen LogP contribution in [0.2, 0.25) is 0 Å². The molecule has 1 N–H and O–H groups in total. The zero-order valence-electron chi connectivity index (χ0n) is 11.9. The van der Waals surface area contributed by atoms with Crippen molar-refractivity contribution in [1.29, 1.82) is 0 Å². The van der Waals surface area contributed by atoms with E-state index < -0.39 is 0 Å². The Labute approximate surface area is 127 Å². The molecule has 2 aromatic rings. The lowest BCUT2D eigenvalue weighted by Gasteiger charge is -2.19. The molecule has 0 saturated carbocycles. The fourth-order valence-electron chi connectivity index (χ4n) is 2.28. The summed E-state index contributed by atoms with van der Waals surface area (Å²) in [6.07, 6.45) is 4.33. The molecule has 2 heterocycles. The predicted octanol–water partition coefficient (Wildman–Crippen LogP) is 4.31. The molecule has 0 aromatic carbocycles. The van der Waals surface area contributed by atoms with Crippen LogP contribution in [0, 0.1) is 6.92 Å². The maximum absolute atomic E-state index is 12.1. The first-order chi connectivity index (χ1) is 10.1. The summed E-state index contributed by atoms with van der Waals surface area (Å²) in [6.45, 7) is 3.89. The number of hydrogen-bond acceptors (Lipinski definition) is 4. The number of aryl methyl sites for hydroxylation is 1. The molecule has 0 radical (unpaired) electrons. The van der Waals surface area contributed by atoms with Crippen molar-refractivity contribution in [3.05, 3.63) is 58.4 Å². The summed E-state index contributed by atoms with van der Waals surface area (Å²) in [5, 5.41) is 10.0. The average Bonchev–Trinajstić information content (AvgIpc) is 2.95. The Balaban J connectivity index is 1.95. The number of aromatic nitrogens is 1. The molecule has 1 aliphatic rings. The molecule has 4 heteroatoms. The fourth-order valence-corrected chi connectivity index (χ4v) is 3.32. The van der Waals surface area contributed by atoms with Crippen LogP contribution in [0.5, 0.6) is 0 Å². The Bertz CT molecular complexity index is 766. The second-order valence-electron chi connectivity index (χ2n) is 4.93. The summed E-state index contributed by atoms with van der Waals surface area (Å²) in [5.74, 6) is 0.0575. The van der Waals surface area contributed by atoms with Gasteiger partial charge in [-0.2, -0.15) is 0 Å².